The Morgan fingerprint density at radius 3 is 2.45 bits per heavy atom. The first-order valence-corrected chi connectivity index (χ1v) is 9.66. The zero-order valence-electron chi connectivity index (χ0n) is 17.0. The summed E-state index contributed by atoms with van der Waals surface area (Å²) in [7, 11) is 0. The van der Waals surface area contributed by atoms with Crippen LogP contribution >= 0.6 is 0 Å². The van der Waals surface area contributed by atoms with Gasteiger partial charge in [0, 0.05) is 31.2 Å². The predicted molar refractivity (Wildman–Crippen MR) is 115 cm³/mol. The third-order valence-corrected chi connectivity index (χ3v) is 4.82. The van der Waals surface area contributed by atoms with Crippen molar-refractivity contribution in [3.8, 4) is 0 Å². The van der Waals surface area contributed by atoms with Gasteiger partial charge in [0.05, 0.1) is 11.1 Å². The molecule has 2 amide bonds. The highest BCUT2D eigenvalue weighted by atomic mass is 16.2. The largest absolute Gasteiger partial charge is 0.348 e. The van der Waals surface area contributed by atoms with Crippen LogP contribution in [0.2, 0.25) is 0 Å². The van der Waals surface area contributed by atoms with Crippen molar-refractivity contribution < 1.29 is 9.59 Å². The van der Waals surface area contributed by atoms with Crippen LogP contribution in [0.3, 0.4) is 0 Å². The molecule has 0 saturated carbocycles. The average molecular weight is 387 g/mol. The van der Waals surface area contributed by atoms with E-state index in [1.54, 1.807) is 11.0 Å². The summed E-state index contributed by atoms with van der Waals surface area (Å²) in [6, 6.07) is 17.3. The maximum Gasteiger partial charge on any atom is 0.259 e. The third-order valence-electron chi connectivity index (χ3n) is 4.82. The molecule has 0 atom stereocenters. The van der Waals surface area contributed by atoms with E-state index >= 15 is 0 Å². The van der Waals surface area contributed by atoms with E-state index in [-0.39, 0.29) is 11.8 Å². The van der Waals surface area contributed by atoms with Gasteiger partial charge in [-0.15, -0.1) is 0 Å². The van der Waals surface area contributed by atoms with E-state index in [1.807, 2.05) is 69.3 Å². The molecule has 0 radical (unpaired) electrons. The summed E-state index contributed by atoms with van der Waals surface area (Å²) in [6.45, 7) is 6.86. The number of rotatable bonds is 6. The molecule has 1 heterocycles. The van der Waals surface area contributed by atoms with Crippen molar-refractivity contribution in [2.45, 2.75) is 27.3 Å². The summed E-state index contributed by atoms with van der Waals surface area (Å²) in [5.41, 5.74) is 4.83. The molecule has 0 bridgehead atoms. The Morgan fingerprint density at radius 2 is 1.72 bits per heavy atom. The molecule has 2 aromatic carbocycles. The van der Waals surface area contributed by atoms with E-state index in [2.05, 4.69) is 10.3 Å². The Balaban J connectivity index is 1.76. The highest BCUT2D eigenvalue weighted by Gasteiger charge is 2.18. The number of benzene rings is 2. The second-order valence-electron chi connectivity index (χ2n) is 6.96. The van der Waals surface area contributed by atoms with Crippen molar-refractivity contribution in [1.82, 2.24) is 10.3 Å². The fraction of sp³-hybridized carbons (Fsp3) is 0.208. The predicted octanol–water partition coefficient (Wildman–Crippen LogP) is 4.30. The number of pyridine rings is 1. The second kappa shape index (κ2) is 9.15. The molecular formula is C24H25N3O2. The van der Waals surface area contributed by atoms with Gasteiger partial charge in [-0.25, -0.2) is 0 Å². The lowest BCUT2D eigenvalue weighted by Gasteiger charge is -2.21. The van der Waals surface area contributed by atoms with Gasteiger partial charge in [-0.3, -0.25) is 14.6 Å². The van der Waals surface area contributed by atoms with Gasteiger partial charge in [-0.2, -0.15) is 0 Å². The first-order chi connectivity index (χ1) is 14.0. The van der Waals surface area contributed by atoms with Crippen molar-refractivity contribution in [3.63, 3.8) is 0 Å². The molecular weight excluding hydrogens is 362 g/mol. The minimum absolute atomic E-state index is 0.181. The molecule has 29 heavy (non-hydrogen) atoms. The SMILES string of the molecule is CCN(C(=O)c1cncc(C(=O)NCc2ccccc2C)c1)c1cccc(C)c1. The molecule has 5 heteroatoms. The number of aromatic nitrogens is 1. The highest BCUT2D eigenvalue weighted by Crippen LogP contribution is 2.19. The second-order valence-corrected chi connectivity index (χ2v) is 6.96. The fourth-order valence-corrected chi connectivity index (χ4v) is 3.16. The lowest BCUT2D eigenvalue weighted by Crippen LogP contribution is -2.31. The summed E-state index contributed by atoms with van der Waals surface area (Å²) in [5, 5.41) is 2.90. The molecule has 0 aliphatic heterocycles. The third kappa shape index (κ3) is 4.88. The number of nitrogens with zero attached hydrogens (tertiary/aromatic N) is 2. The summed E-state index contributed by atoms with van der Waals surface area (Å²) < 4.78 is 0. The van der Waals surface area contributed by atoms with Gasteiger partial charge < -0.3 is 10.2 Å². The van der Waals surface area contributed by atoms with Crippen LogP contribution in [-0.4, -0.2) is 23.3 Å². The van der Waals surface area contributed by atoms with E-state index in [0.29, 0.717) is 24.2 Å². The molecule has 0 aliphatic carbocycles. The number of hydrogen-bond acceptors (Lipinski definition) is 3. The van der Waals surface area contributed by atoms with E-state index in [4.69, 9.17) is 0 Å². The molecule has 1 aromatic heterocycles. The van der Waals surface area contributed by atoms with Gasteiger partial charge in [-0.05, 0) is 55.7 Å². The van der Waals surface area contributed by atoms with Gasteiger partial charge in [0.2, 0.25) is 0 Å². The van der Waals surface area contributed by atoms with Crippen LogP contribution in [0.5, 0.6) is 0 Å². The van der Waals surface area contributed by atoms with Gasteiger partial charge in [-0.1, -0.05) is 36.4 Å². The highest BCUT2D eigenvalue weighted by molar-refractivity contribution is 6.07. The smallest absolute Gasteiger partial charge is 0.259 e. The Labute approximate surface area is 171 Å². The van der Waals surface area contributed by atoms with Crippen molar-refractivity contribution in [1.29, 1.82) is 0 Å². The van der Waals surface area contributed by atoms with Gasteiger partial charge >= 0.3 is 0 Å². The van der Waals surface area contributed by atoms with E-state index in [9.17, 15) is 9.59 Å². The number of anilines is 1. The van der Waals surface area contributed by atoms with Gasteiger partial charge in [0.25, 0.3) is 11.8 Å². The molecule has 0 aliphatic rings. The average Bonchev–Trinajstić information content (AvgIpc) is 2.73. The van der Waals surface area contributed by atoms with Crippen LogP contribution in [-0.2, 0) is 6.54 Å². The summed E-state index contributed by atoms with van der Waals surface area (Å²) in [4.78, 5) is 31.4. The normalized spacial score (nSPS) is 10.4. The summed E-state index contributed by atoms with van der Waals surface area (Å²) in [5.74, 6) is -0.437. The first-order valence-electron chi connectivity index (χ1n) is 9.66. The molecule has 3 aromatic rings. The molecule has 0 saturated heterocycles. The Bertz CT molecular complexity index is 1030. The number of hydrogen-bond donors (Lipinski definition) is 1. The number of amides is 2. The number of nitrogens with one attached hydrogen (secondary N) is 1. The van der Waals surface area contributed by atoms with E-state index in [0.717, 1.165) is 22.4 Å². The van der Waals surface area contributed by atoms with Crippen molar-refractivity contribution in [3.05, 3.63) is 94.8 Å². The number of carbonyl (C=O) groups is 2. The Morgan fingerprint density at radius 1 is 0.966 bits per heavy atom. The molecule has 1 N–H and O–H groups in total. The molecule has 0 spiro atoms. The summed E-state index contributed by atoms with van der Waals surface area (Å²) in [6.07, 6.45) is 2.98. The van der Waals surface area contributed by atoms with E-state index in [1.165, 1.54) is 12.4 Å². The minimum atomic E-state index is -0.256. The maximum atomic E-state index is 13.0. The quantitative estimate of drug-likeness (QED) is 0.686. The maximum absolute atomic E-state index is 13.0. The van der Waals surface area contributed by atoms with Crippen LogP contribution in [0.1, 0.15) is 44.3 Å². The van der Waals surface area contributed by atoms with Crippen LogP contribution in [0.15, 0.2) is 67.0 Å². The lowest BCUT2D eigenvalue weighted by atomic mass is 10.1. The zero-order valence-corrected chi connectivity index (χ0v) is 17.0. The molecule has 148 valence electrons. The molecule has 3 rings (SSSR count). The zero-order chi connectivity index (χ0) is 20.8. The molecule has 0 fully saturated rings. The summed E-state index contributed by atoms with van der Waals surface area (Å²) >= 11 is 0. The topological polar surface area (TPSA) is 62.3 Å². The number of aryl methyl sites for hydroxylation is 2. The van der Waals surface area contributed by atoms with Crippen LogP contribution in [0, 0.1) is 13.8 Å². The van der Waals surface area contributed by atoms with Crippen molar-refractivity contribution in [2.75, 3.05) is 11.4 Å². The van der Waals surface area contributed by atoms with Crippen LogP contribution < -0.4 is 10.2 Å². The van der Waals surface area contributed by atoms with Crippen molar-refractivity contribution >= 4 is 17.5 Å². The molecule has 0 unspecified atom stereocenters. The van der Waals surface area contributed by atoms with Crippen LogP contribution in [0.4, 0.5) is 5.69 Å². The Hall–Kier alpha value is -3.47. The lowest BCUT2D eigenvalue weighted by molar-refractivity contribution is 0.0950. The Kier molecular flexibility index (Phi) is 6.39. The fourth-order valence-electron chi connectivity index (χ4n) is 3.16. The van der Waals surface area contributed by atoms with Gasteiger partial charge in [0.15, 0.2) is 0 Å². The molecule has 5 nitrogen and oxygen atoms in total. The number of carbonyl (C=O) groups excluding carboxylic acids is 2. The standard InChI is InChI=1S/C24H25N3O2/c1-4-27(22-11-7-8-17(2)12-22)24(29)21-13-20(14-25-15-21)23(28)26-16-19-10-6-5-9-18(19)3/h5-15H,4,16H2,1-3H3,(H,26,28). The van der Waals surface area contributed by atoms with Crippen LogP contribution in [0.25, 0.3) is 0 Å². The monoisotopic (exact) mass is 387 g/mol. The van der Waals surface area contributed by atoms with Gasteiger partial charge in [0.1, 0.15) is 0 Å². The minimum Gasteiger partial charge on any atom is -0.348 e. The van der Waals surface area contributed by atoms with E-state index < -0.39 is 0 Å². The first kappa shape index (κ1) is 20.3. The van der Waals surface area contributed by atoms with Crippen molar-refractivity contribution in [2.24, 2.45) is 0 Å².